The Balaban J connectivity index is 1.52. The molecule has 0 radical (unpaired) electrons. The van der Waals surface area contributed by atoms with Crippen molar-refractivity contribution in [3.8, 4) is 5.69 Å². The Kier molecular flexibility index (Phi) is 5.79. The summed E-state index contributed by atoms with van der Waals surface area (Å²) in [5, 5.41) is 3.17. The second-order valence-electron chi connectivity index (χ2n) is 8.26. The molecule has 4 aromatic rings. The van der Waals surface area contributed by atoms with Crippen molar-refractivity contribution in [2.45, 2.75) is 19.4 Å². The largest absolute Gasteiger partial charge is 0.348 e. The zero-order valence-corrected chi connectivity index (χ0v) is 18.3. The Morgan fingerprint density at radius 2 is 1.56 bits per heavy atom. The van der Waals surface area contributed by atoms with E-state index in [-0.39, 0.29) is 29.6 Å². The van der Waals surface area contributed by atoms with Gasteiger partial charge < -0.3 is 10.2 Å². The van der Waals surface area contributed by atoms with Crippen LogP contribution in [0, 0.1) is 11.6 Å². The Morgan fingerprint density at radius 1 is 0.912 bits per heavy atom. The maximum atomic E-state index is 13.5. The van der Waals surface area contributed by atoms with Gasteiger partial charge in [-0.1, -0.05) is 12.1 Å². The number of carbonyl (C=O) groups excluding carboxylic acids is 1. The van der Waals surface area contributed by atoms with Gasteiger partial charge in [-0.05, 0) is 73.0 Å². The van der Waals surface area contributed by atoms with Crippen LogP contribution in [-0.2, 0) is 6.54 Å². The van der Waals surface area contributed by atoms with E-state index < -0.39 is 0 Å². The van der Waals surface area contributed by atoms with E-state index in [1.165, 1.54) is 28.8 Å². The van der Waals surface area contributed by atoms with Crippen molar-refractivity contribution < 1.29 is 13.6 Å². The van der Waals surface area contributed by atoms with Crippen molar-refractivity contribution in [2.75, 3.05) is 18.0 Å². The molecule has 1 N–H and O–H groups in total. The molecular weight excluding hydrogens is 438 g/mol. The molecule has 5 rings (SSSR count). The van der Waals surface area contributed by atoms with Crippen molar-refractivity contribution in [3.63, 3.8) is 0 Å². The number of hydrogen-bond donors (Lipinski definition) is 1. The number of benzene rings is 3. The van der Waals surface area contributed by atoms with Gasteiger partial charge >= 0.3 is 0 Å². The Labute approximate surface area is 194 Å². The van der Waals surface area contributed by atoms with Gasteiger partial charge in [-0.15, -0.1) is 0 Å². The first-order valence-corrected chi connectivity index (χ1v) is 11.1. The number of rotatable bonds is 5. The van der Waals surface area contributed by atoms with E-state index in [1.807, 2.05) is 4.90 Å². The second-order valence-corrected chi connectivity index (χ2v) is 8.26. The van der Waals surface area contributed by atoms with Crippen molar-refractivity contribution >= 4 is 22.8 Å². The first-order chi connectivity index (χ1) is 16.5. The van der Waals surface area contributed by atoms with Crippen LogP contribution in [0.3, 0.4) is 0 Å². The van der Waals surface area contributed by atoms with E-state index in [2.05, 4.69) is 5.32 Å². The van der Waals surface area contributed by atoms with Gasteiger partial charge in [0.1, 0.15) is 11.6 Å². The number of aromatic nitrogens is 2. The summed E-state index contributed by atoms with van der Waals surface area (Å²) in [6.45, 7) is 1.77. The van der Waals surface area contributed by atoms with Gasteiger partial charge in [0.2, 0.25) is 5.95 Å². The number of nitrogens with zero attached hydrogens (tertiary/aromatic N) is 3. The molecule has 1 saturated heterocycles. The fourth-order valence-corrected chi connectivity index (χ4v) is 4.15. The van der Waals surface area contributed by atoms with Gasteiger partial charge in [0.25, 0.3) is 11.5 Å². The average Bonchev–Trinajstić information content (AvgIpc) is 3.39. The van der Waals surface area contributed by atoms with Gasteiger partial charge in [-0.2, -0.15) is 0 Å². The summed E-state index contributed by atoms with van der Waals surface area (Å²) in [5.74, 6) is -0.565. The Morgan fingerprint density at radius 3 is 2.24 bits per heavy atom. The quantitative estimate of drug-likeness (QED) is 0.485. The summed E-state index contributed by atoms with van der Waals surface area (Å²) in [5.41, 5.74) is 1.81. The first-order valence-electron chi connectivity index (χ1n) is 11.1. The lowest BCUT2D eigenvalue weighted by molar-refractivity contribution is 0.0951. The molecule has 0 spiro atoms. The monoisotopic (exact) mass is 460 g/mol. The molecule has 1 aromatic heterocycles. The molecule has 172 valence electrons. The minimum atomic E-state index is -0.385. The number of fused-ring (bicyclic) bond motifs is 1. The van der Waals surface area contributed by atoms with E-state index in [1.54, 1.807) is 42.5 Å². The summed E-state index contributed by atoms with van der Waals surface area (Å²) in [6.07, 6.45) is 1.98. The van der Waals surface area contributed by atoms with Crippen LogP contribution in [0.2, 0.25) is 0 Å². The highest BCUT2D eigenvalue weighted by Crippen LogP contribution is 2.23. The SMILES string of the molecule is O=C(NCc1ccc(F)cc1)c1ccc2c(=O)n(-c3ccc(F)cc3)c(N3CCCC3)nc2c1. The molecule has 8 heteroatoms. The normalized spacial score (nSPS) is 13.4. The Bertz CT molecular complexity index is 1410. The summed E-state index contributed by atoms with van der Waals surface area (Å²) in [7, 11) is 0. The van der Waals surface area contributed by atoms with Crippen LogP contribution in [0.5, 0.6) is 0 Å². The van der Waals surface area contributed by atoms with E-state index in [0.717, 1.165) is 31.5 Å². The van der Waals surface area contributed by atoms with Crippen LogP contribution < -0.4 is 15.8 Å². The molecule has 3 aromatic carbocycles. The van der Waals surface area contributed by atoms with E-state index >= 15 is 0 Å². The number of hydrogen-bond acceptors (Lipinski definition) is 4. The third kappa shape index (κ3) is 4.26. The van der Waals surface area contributed by atoms with Crippen LogP contribution in [0.15, 0.2) is 71.5 Å². The second kappa shape index (κ2) is 9.05. The summed E-state index contributed by atoms with van der Waals surface area (Å²) < 4.78 is 28.1. The third-order valence-corrected chi connectivity index (χ3v) is 5.95. The van der Waals surface area contributed by atoms with Crippen LogP contribution in [0.1, 0.15) is 28.8 Å². The maximum Gasteiger partial charge on any atom is 0.267 e. The molecule has 1 amide bonds. The van der Waals surface area contributed by atoms with Crippen LogP contribution in [0.25, 0.3) is 16.6 Å². The fraction of sp³-hybridized carbons (Fsp3) is 0.192. The van der Waals surface area contributed by atoms with Crippen molar-refractivity contribution in [1.82, 2.24) is 14.9 Å². The maximum absolute atomic E-state index is 13.5. The predicted octanol–water partition coefficient (Wildman–Crippen LogP) is 4.19. The summed E-state index contributed by atoms with van der Waals surface area (Å²) in [4.78, 5) is 33.0. The third-order valence-electron chi connectivity index (χ3n) is 5.95. The molecule has 1 aliphatic heterocycles. The highest BCUT2D eigenvalue weighted by Gasteiger charge is 2.22. The topological polar surface area (TPSA) is 67.2 Å². The van der Waals surface area contributed by atoms with Crippen molar-refractivity contribution in [3.05, 3.63) is 99.8 Å². The number of amides is 1. The van der Waals surface area contributed by atoms with E-state index in [4.69, 9.17) is 4.98 Å². The molecule has 0 saturated carbocycles. The molecule has 1 aliphatic rings. The molecular formula is C26H22F2N4O2. The lowest BCUT2D eigenvalue weighted by atomic mass is 10.1. The molecule has 0 atom stereocenters. The number of carbonyl (C=O) groups is 1. The molecule has 2 heterocycles. The van der Waals surface area contributed by atoms with Gasteiger partial charge in [0, 0.05) is 25.2 Å². The predicted molar refractivity (Wildman–Crippen MR) is 126 cm³/mol. The van der Waals surface area contributed by atoms with Gasteiger partial charge in [0.15, 0.2) is 0 Å². The lowest BCUT2D eigenvalue weighted by Crippen LogP contribution is -2.30. The van der Waals surface area contributed by atoms with Crippen LogP contribution in [-0.4, -0.2) is 28.5 Å². The van der Waals surface area contributed by atoms with Gasteiger partial charge in [-0.25, -0.2) is 18.3 Å². The summed E-state index contributed by atoms with van der Waals surface area (Å²) >= 11 is 0. The zero-order valence-electron chi connectivity index (χ0n) is 18.3. The highest BCUT2D eigenvalue weighted by molar-refractivity contribution is 5.97. The number of anilines is 1. The molecule has 0 unspecified atom stereocenters. The zero-order chi connectivity index (χ0) is 23.7. The van der Waals surface area contributed by atoms with Crippen LogP contribution in [0.4, 0.5) is 14.7 Å². The Hall–Kier alpha value is -4.07. The molecule has 1 fully saturated rings. The number of nitrogens with one attached hydrogen (secondary N) is 1. The number of halogens is 2. The van der Waals surface area contributed by atoms with Gasteiger partial charge in [0.05, 0.1) is 16.6 Å². The fourth-order valence-electron chi connectivity index (χ4n) is 4.15. The summed E-state index contributed by atoms with van der Waals surface area (Å²) in [6, 6.07) is 16.4. The standard InChI is InChI=1S/C26H22F2N4O2/c27-19-6-3-17(4-7-19)16-29-24(33)18-5-12-22-23(15-18)30-26(31-13-1-2-14-31)32(25(22)34)21-10-8-20(28)9-11-21/h3-12,15H,1-2,13-14,16H2,(H,29,33). The molecule has 0 bridgehead atoms. The smallest absolute Gasteiger partial charge is 0.267 e. The van der Waals surface area contributed by atoms with Crippen molar-refractivity contribution in [1.29, 1.82) is 0 Å². The minimum absolute atomic E-state index is 0.246. The molecule has 6 nitrogen and oxygen atoms in total. The van der Waals surface area contributed by atoms with Gasteiger partial charge in [-0.3, -0.25) is 9.59 Å². The van der Waals surface area contributed by atoms with Crippen LogP contribution >= 0.6 is 0 Å². The van der Waals surface area contributed by atoms with E-state index in [9.17, 15) is 18.4 Å². The first kappa shape index (κ1) is 21.8. The minimum Gasteiger partial charge on any atom is -0.348 e. The van der Waals surface area contributed by atoms with E-state index in [0.29, 0.717) is 28.1 Å². The average molecular weight is 460 g/mol. The lowest BCUT2D eigenvalue weighted by Gasteiger charge is -2.22. The molecule has 0 aliphatic carbocycles. The van der Waals surface area contributed by atoms with Crippen molar-refractivity contribution in [2.24, 2.45) is 0 Å². The molecule has 34 heavy (non-hydrogen) atoms. The highest BCUT2D eigenvalue weighted by atomic mass is 19.1.